The molecule has 0 aliphatic carbocycles. The van der Waals surface area contributed by atoms with Crippen LogP contribution in [0.2, 0.25) is 0 Å². The molecule has 1 aliphatic heterocycles. The number of hydrogen-bond acceptors (Lipinski definition) is 4. The third-order valence-electron chi connectivity index (χ3n) is 3.83. The van der Waals surface area contributed by atoms with Gasteiger partial charge in [0.25, 0.3) is 5.91 Å². The van der Waals surface area contributed by atoms with E-state index in [9.17, 15) is 4.79 Å². The number of nitrogens with zero attached hydrogens (tertiary/aromatic N) is 1. The zero-order chi connectivity index (χ0) is 16.2. The van der Waals surface area contributed by atoms with Gasteiger partial charge in [0.15, 0.2) is 6.23 Å². The first-order valence-electron chi connectivity index (χ1n) is 7.63. The third-order valence-corrected chi connectivity index (χ3v) is 3.83. The number of ether oxygens (including phenoxy) is 1. The predicted octanol–water partition coefficient (Wildman–Crippen LogP) is 3.30. The highest BCUT2D eigenvalue weighted by molar-refractivity contribution is 5.93. The number of hydrogen-bond donors (Lipinski definition) is 1. The van der Waals surface area contributed by atoms with Crippen molar-refractivity contribution >= 4 is 11.6 Å². The van der Waals surface area contributed by atoms with Crippen molar-refractivity contribution in [2.24, 2.45) is 0 Å². The first-order chi connectivity index (χ1) is 11.2. The van der Waals surface area contributed by atoms with E-state index < -0.39 is 0 Å². The second kappa shape index (κ2) is 6.71. The fraction of sp³-hybridized carbons (Fsp3) is 0.278. The summed E-state index contributed by atoms with van der Waals surface area (Å²) in [5, 5.41) is 4.74. The Morgan fingerprint density at radius 2 is 1.87 bits per heavy atom. The quantitative estimate of drug-likeness (QED) is 0.941. The van der Waals surface area contributed by atoms with Crippen molar-refractivity contribution < 1.29 is 14.4 Å². The molecule has 1 amide bonds. The number of methoxy groups -OCH3 is 1. The predicted molar refractivity (Wildman–Crippen MR) is 88.2 cm³/mol. The fourth-order valence-electron chi connectivity index (χ4n) is 2.60. The van der Waals surface area contributed by atoms with Crippen LogP contribution >= 0.6 is 0 Å². The molecular weight excluding hydrogens is 292 g/mol. The van der Waals surface area contributed by atoms with Gasteiger partial charge in [-0.05, 0) is 43.3 Å². The summed E-state index contributed by atoms with van der Waals surface area (Å²) in [5.74, 6) is 0.689. The topological polar surface area (TPSA) is 50.8 Å². The van der Waals surface area contributed by atoms with Gasteiger partial charge in [-0.2, -0.15) is 0 Å². The van der Waals surface area contributed by atoms with Gasteiger partial charge in [0, 0.05) is 17.7 Å². The van der Waals surface area contributed by atoms with Crippen LogP contribution in [0.1, 0.15) is 23.7 Å². The van der Waals surface area contributed by atoms with E-state index in [4.69, 9.17) is 9.57 Å². The van der Waals surface area contributed by atoms with E-state index >= 15 is 0 Å². The molecule has 0 spiro atoms. The molecule has 3 rings (SSSR count). The highest BCUT2D eigenvalue weighted by Crippen LogP contribution is 2.25. The van der Waals surface area contributed by atoms with Gasteiger partial charge in [-0.1, -0.05) is 18.2 Å². The Bertz CT molecular complexity index is 658. The van der Waals surface area contributed by atoms with Crippen molar-refractivity contribution in [1.29, 1.82) is 0 Å². The monoisotopic (exact) mass is 312 g/mol. The summed E-state index contributed by atoms with van der Waals surface area (Å²) in [7, 11) is 1.64. The Labute approximate surface area is 135 Å². The van der Waals surface area contributed by atoms with E-state index in [-0.39, 0.29) is 18.2 Å². The number of anilines is 1. The van der Waals surface area contributed by atoms with Crippen LogP contribution in [0, 0.1) is 0 Å². The van der Waals surface area contributed by atoms with Gasteiger partial charge in [0.1, 0.15) is 5.75 Å². The van der Waals surface area contributed by atoms with Gasteiger partial charge in [0.05, 0.1) is 13.2 Å². The molecule has 0 saturated carbocycles. The minimum atomic E-state index is -0.231. The van der Waals surface area contributed by atoms with Crippen LogP contribution in [0.5, 0.6) is 5.75 Å². The van der Waals surface area contributed by atoms with Gasteiger partial charge in [-0.3, -0.25) is 4.79 Å². The molecule has 5 heteroatoms. The van der Waals surface area contributed by atoms with Crippen LogP contribution < -0.4 is 10.1 Å². The molecule has 0 bridgehead atoms. The summed E-state index contributed by atoms with van der Waals surface area (Å²) < 4.78 is 5.14. The average molecular weight is 312 g/mol. The van der Waals surface area contributed by atoms with Crippen molar-refractivity contribution in [1.82, 2.24) is 5.06 Å². The number of rotatable bonds is 4. The second-order valence-electron chi connectivity index (χ2n) is 5.55. The largest absolute Gasteiger partial charge is 0.497 e. The lowest BCUT2D eigenvalue weighted by atomic mass is 10.1. The number of nitrogens with one attached hydrogen (secondary N) is 1. The van der Waals surface area contributed by atoms with Crippen LogP contribution in [-0.2, 0) is 4.84 Å². The second-order valence-corrected chi connectivity index (χ2v) is 5.55. The lowest BCUT2D eigenvalue weighted by Gasteiger charge is -2.20. The molecule has 1 fully saturated rings. The highest BCUT2D eigenvalue weighted by Gasteiger charge is 2.34. The summed E-state index contributed by atoms with van der Waals surface area (Å²) in [6.45, 7) is 1.98. The van der Waals surface area contributed by atoms with E-state index in [0.717, 1.165) is 17.9 Å². The Morgan fingerprint density at radius 3 is 2.52 bits per heavy atom. The Morgan fingerprint density at radius 1 is 1.17 bits per heavy atom. The molecule has 120 valence electrons. The van der Waals surface area contributed by atoms with Gasteiger partial charge >= 0.3 is 0 Å². The number of hydroxylamine groups is 2. The first-order valence-corrected chi connectivity index (χ1v) is 7.63. The van der Waals surface area contributed by atoms with E-state index in [0.29, 0.717) is 5.56 Å². The number of carbonyl (C=O) groups excluding carboxylic acids is 1. The molecule has 2 aromatic carbocycles. The SMILES string of the molecule is COc1ccc(NC2CC(C)N(C(=O)c3ccccc3)O2)cc1. The molecule has 2 unspecified atom stereocenters. The molecule has 1 saturated heterocycles. The maximum absolute atomic E-state index is 12.5. The normalized spacial score (nSPS) is 20.3. The van der Waals surface area contributed by atoms with Gasteiger partial charge < -0.3 is 10.1 Å². The van der Waals surface area contributed by atoms with Crippen molar-refractivity contribution in [3.8, 4) is 5.75 Å². The van der Waals surface area contributed by atoms with Crippen molar-refractivity contribution in [3.05, 3.63) is 60.2 Å². The molecule has 1 heterocycles. The van der Waals surface area contributed by atoms with Gasteiger partial charge in [0.2, 0.25) is 0 Å². The Kier molecular flexibility index (Phi) is 4.48. The minimum Gasteiger partial charge on any atom is -0.497 e. The molecule has 2 atom stereocenters. The Hall–Kier alpha value is -2.53. The van der Waals surface area contributed by atoms with Crippen LogP contribution in [0.4, 0.5) is 5.69 Å². The number of amides is 1. The lowest BCUT2D eigenvalue weighted by Crippen LogP contribution is -2.33. The van der Waals surface area contributed by atoms with Crippen LogP contribution in [0.25, 0.3) is 0 Å². The molecule has 23 heavy (non-hydrogen) atoms. The minimum absolute atomic E-state index is 0.0125. The summed E-state index contributed by atoms with van der Waals surface area (Å²) in [6, 6.07) is 16.8. The lowest BCUT2D eigenvalue weighted by molar-refractivity contribution is -0.117. The maximum Gasteiger partial charge on any atom is 0.277 e. The van der Waals surface area contributed by atoms with E-state index in [1.807, 2.05) is 49.4 Å². The molecule has 1 N–H and O–H groups in total. The Balaban J connectivity index is 1.65. The zero-order valence-electron chi connectivity index (χ0n) is 13.2. The van der Waals surface area contributed by atoms with Gasteiger partial charge in [-0.15, -0.1) is 0 Å². The molecule has 0 radical (unpaired) electrons. The van der Waals surface area contributed by atoms with Crippen LogP contribution in [0.15, 0.2) is 54.6 Å². The summed E-state index contributed by atoms with van der Waals surface area (Å²) >= 11 is 0. The summed E-state index contributed by atoms with van der Waals surface area (Å²) in [6.07, 6.45) is 0.496. The molecule has 1 aliphatic rings. The average Bonchev–Trinajstić information content (AvgIpc) is 2.96. The maximum atomic E-state index is 12.5. The summed E-state index contributed by atoms with van der Waals surface area (Å²) in [5.41, 5.74) is 1.56. The van der Waals surface area contributed by atoms with Crippen LogP contribution in [-0.4, -0.2) is 30.3 Å². The first kappa shape index (κ1) is 15.4. The van der Waals surface area contributed by atoms with Crippen molar-refractivity contribution in [2.45, 2.75) is 25.6 Å². The number of carbonyl (C=O) groups is 1. The third kappa shape index (κ3) is 3.46. The molecule has 0 aromatic heterocycles. The molecular formula is C18H20N2O3. The summed E-state index contributed by atoms with van der Waals surface area (Å²) in [4.78, 5) is 18.3. The van der Waals surface area contributed by atoms with E-state index in [1.54, 1.807) is 19.2 Å². The van der Waals surface area contributed by atoms with Crippen molar-refractivity contribution in [2.75, 3.05) is 12.4 Å². The van der Waals surface area contributed by atoms with E-state index in [2.05, 4.69) is 5.32 Å². The fourth-order valence-corrected chi connectivity index (χ4v) is 2.60. The van der Waals surface area contributed by atoms with Crippen LogP contribution in [0.3, 0.4) is 0 Å². The van der Waals surface area contributed by atoms with Crippen molar-refractivity contribution in [3.63, 3.8) is 0 Å². The molecule has 5 nitrogen and oxygen atoms in total. The zero-order valence-corrected chi connectivity index (χ0v) is 13.2. The van der Waals surface area contributed by atoms with Gasteiger partial charge in [-0.25, -0.2) is 9.90 Å². The standard InChI is InChI=1S/C18H20N2O3/c1-13-12-17(19-15-8-10-16(22-2)11-9-15)23-20(13)18(21)14-6-4-3-5-7-14/h3-11,13,17,19H,12H2,1-2H3. The smallest absolute Gasteiger partial charge is 0.277 e. The molecule has 2 aromatic rings. The highest BCUT2D eigenvalue weighted by atomic mass is 16.7. The van der Waals surface area contributed by atoms with E-state index in [1.165, 1.54) is 5.06 Å². The number of benzene rings is 2.